The molecule has 2 heterocycles. The smallest absolute Gasteiger partial charge is 0.263 e. The summed E-state index contributed by atoms with van der Waals surface area (Å²) in [6, 6.07) is 3.30. The number of likely N-dealkylation sites (tertiary alicyclic amines) is 1. The average molecular weight is 326 g/mol. The lowest BCUT2D eigenvalue weighted by Gasteiger charge is -2.32. The van der Waals surface area contributed by atoms with Crippen molar-refractivity contribution >= 4 is 15.7 Å². The van der Waals surface area contributed by atoms with E-state index in [0.29, 0.717) is 13.1 Å². The first-order valence-electron chi connectivity index (χ1n) is 7.32. The van der Waals surface area contributed by atoms with Crippen LogP contribution in [0.2, 0.25) is 0 Å². The van der Waals surface area contributed by atoms with Crippen molar-refractivity contribution in [1.82, 2.24) is 9.47 Å². The number of rotatable bonds is 3. The molecule has 0 bridgehead atoms. The number of hydrogen-bond acceptors (Lipinski definition) is 4. The van der Waals surface area contributed by atoms with Crippen LogP contribution < -0.4 is 5.56 Å². The van der Waals surface area contributed by atoms with Gasteiger partial charge in [0, 0.05) is 32.1 Å². The molecular weight excluding hydrogens is 304 g/mol. The number of aryl methyl sites for hydroxylation is 1. The summed E-state index contributed by atoms with van der Waals surface area (Å²) in [5, 5.41) is 0. The number of sulfone groups is 1. The van der Waals surface area contributed by atoms with Crippen molar-refractivity contribution in [1.29, 1.82) is 0 Å². The number of amides is 1. The minimum Gasteiger partial charge on any atom is -0.338 e. The quantitative estimate of drug-likeness (QED) is 0.815. The fourth-order valence-corrected chi connectivity index (χ4v) is 4.00. The SMILES string of the molecule is Cc1ccc(C(=O)N2CCCC(CS(C)(=O)=O)C2)c(=O)n1C. The third-order valence-electron chi connectivity index (χ3n) is 4.13. The highest BCUT2D eigenvalue weighted by atomic mass is 32.2. The van der Waals surface area contributed by atoms with Crippen LogP contribution in [-0.2, 0) is 16.9 Å². The second-order valence-electron chi connectivity index (χ2n) is 6.10. The Morgan fingerprint density at radius 3 is 2.68 bits per heavy atom. The van der Waals surface area contributed by atoms with Gasteiger partial charge in [-0.15, -0.1) is 0 Å². The molecule has 1 aliphatic rings. The first kappa shape index (κ1) is 16.7. The molecule has 1 aliphatic heterocycles. The van der Waals surface area contributed by atoms with Gasteiger partial charge in [0.25, 0.3) is 11.5 Å². The minimum absolute atomic E-state index is 0.0537. The van der Waals surface area contributed by atoms with Gasteiger partial charge in [-0.3, -0.25) is 9.59 Å². The zero-order chi connectivity index (χ0) is 16.5. The van der Waals surface area contributed by atoms with Gasteiger partial charge in [0.05, 0.1) is 5.75 Å². The normalized spacial score (nSPS) is 19.2. The van der Waals surface area contributed by atoms with Gasteiger partial charge in [-0.1, -0.05) is 0 Å². The molecule has 2 rings (SSSR count). The molecule has 1 aromatic rings. The van der Waals surface area contributed by atoms with Gasteiger partial charge in [-0.05, 0) is 37.8 Å². The first-order valence-corrected chi connectivity index (χ1v) is 9.38. The van der Waals surface area contributed by atoms with E-state index < -0.39 is 9.84 Å². The summed E-state index contributed by atoms with van der Waals surface area (Å²) in [7, 11) is -1.43. The molecule has 0 spiro atoms. The maximum Gasteiger partial charge on any atom is 0.263 e. The van der Waals surface area contributed by atoms with Crippen molar-refractivity contribution in [2.45, 2.75) is 19.8 Å². The summed E-state index contributed by atoms with van der Waals surface area (Å²) < 4.78 is 24.3. The molecule has 0 N–H and O–H groups in total. The van der Waals surface area contributed by atoms with Crippen LogP contribution in [0.3, 0.4) is 0 Å². The number of aromatic nitrogens is 1. The van der Waals surface area contributed by atoms with Crippen molar-refractivity contribution < 1.29 is 13.2 Å². The van der Waals surface area contributed by atoms with Crippen LogP contribution in [0.15, 0.2) is 16.9 Å². The molecule has 0 saturated carbocycles. The van der Waals surface area contributed by atoms with Crippen LogP contribution in [0, 0.1) is 12.8 Å². The summed E-state index contributed by atoms with van der Waals surface area (Å²) in [6.07, 6.45) is 2.77. The van der Waals surface area contributed by atoms with Crippen LogP contribution in [0.5, 0.6) is 0 Å². The van der Waals surface area contributed by atoms with Gasteiger partial charge in [0.1, 0.15) is 15.4 Å². The Kier molecular flexibility index (Phi) is 4.75. The van der Waals surface area contributed by atoms with Crippen molar-refractivity contribution in [3.63, 3.8) is 0 Å². The zero-order valence-electron chi connectivity index (χ0n) is 13.2. The summed E-state index contributed by atoms with van der Waals surface area (Å²) in [5.74, 6) is -0.274. The van der Waals surface area contributed by atoms with E-state index in [4.69, 9.17) is 0 Å². The van der Waals surface area contributed by atoms with Crippen LogP contribution in [0.25, 0.3) is 0 Å². The van der Waals surface area contributed by atoms with Gasteiger partial charge >= 0.3 is 0 Å². The van der Waals surface area contributed by atoms with E-state index in [9.17, 15) is 18.0 Å². The molecule has 0 aliphatic carbocycles. The summed E-state index contributed by atoms with van der Waals surface area (Å²) in [6.45, 7) is 2.76. The number of carbonyl (C=O) groups excluding carboxylic acids is 1. The lowest BCUT2D eigenvalue weighted by molar-refractivity contribution is 0.0682. The van der Waals surface area contributed by atoms with Gasteiger partial charge in [-0.2, -0.15) is 0 Å². The summed E-state index contributed by atoms with van der Waals surface area (Å²) in [5.41, 5.74) is 0.624. The number of carbonyl (C=O) groups is 1. The predicted molar refractivity (Wildman–Crippen MR) is 84.8 cm³/mol. The van der Waals surface area contributed by atoms with Gasteiger partial charge in [0.15, 0.2) is 0 Å². The minimum atomic E-state index is -3.06. The Morgan fingerprint density at radius 2 is 2.05 bits per heavy atom. The van der Waals surface area contributed by atoms with E-state index in [1.807, 2.05) is 0 Å². The van der Waals surface area contributed by atoms with Gasteiger partial charge in [-0.25, -0.2) is 8.42 Å². The third kappa shape index (κ3) is 3.76. The number of nitrogens with zero attached hydrogens (tertiary/aromatic N) is 2. The largest absolute Gasteiger partial charge is 0.338 e. The molecule has 0 aromatic carbocycles. The average Bonchev–Trinajstić information content (AvgIpc) is 2.43. The van der Waals surface area contributed by atoms with E-state index in [1.165, 1.54) is 10.8 Å². The summed E-state index contributed by atoms with van der Waals surface area (Å²) >= 11 is 0. The summed E-state index contributed by atoms with van der Waals surface area (Å²) in [4.78, 5) is 26.4. The second kappa shape index (κ2) is 6.24. The fraction of sp³-hybridized carbons (Fsp3) is 0.600. The molecule has 1 aromatic heterocycles. The standard InChI is InChI=1S/C15H22N2O4S/c1-11-6-7-13(14(18)16(11)2)15(19)17-8-4-5-12(9-17)10-22(3,20)21/h6-7,12H,4-5,8-10H2,1-3H3. The Bertz CT molecular complexity index is 736. The molecular formula is C15H22N2O4S. The van der Waals surface area contributed by atoms with Crippen LogP contribution in [-0.4, -0.2) is 48.9 Å². The van der Waals surface area contributed by atoms with Crippen molar-refractivity contribution in [2.24, 2.45) is 13.0 Å². The molecule has 1 fully saturated rings. The topological polar surface area (TPSA) is 76.5 Å². The fourth-order valence-electron chi connectivity index (χ4n) is 2.87. The first-order chi connectivity index (χ1) is 10.2. The van der Waals surface area contributed by atoms with E-state index >= 15 is 0 Å². The van der Waals surface area contributed by atoms with E-state index in [0.717, 1.165) is 18.5 Å². The molecule has 0 radical (unpaired) electrons. The molecule has 122 valence electrons. The van der Waals surface area contributed by atoms with Crippen LogP contribution in [0.1, 0.15) is 28.9 Å². The van der Waals surface area contributed by atoms with Crippen molar-refractivity contribution in [3.8, 4) is 0 Å². The van der Waals surface area contributed by atoms with Crippen LogP contribution in [0.4, 0.5) is 0 Å². The molecule has 6 nitrogen and oxygen atoms in total. The van der Waals surface area contributed by atoms with Crippen molar-refractivity contribution in [3.05, 3.63) is 33.7 Å². The maximum atomic E-state index is 12.6. The van der Waals surface area contributed by atoms with E-state index in [-0.39, 0.29) is 28.7 Å². The van der Waals surface area contributed by atoms with Crippen LogP contribution >= 0.6 is 0 Å². The predicted octanol–water partition coefficient (Wildman–Crippen LogP) is 0.591. The van der Waals surface area contributed by atoms with Gasteiger partial charge in [0.2, 0.25) is 0 Å². The Morgan fingerprint density at radius 1 is 1.36 bits per heavy atom. The highest BCUT2D eigenvalue weighted by molar-refractivity contribution is 7.90. The number of pyridine rings is 1. The Balaban J connectivity index is 2.19. The lowest BCUT2D eigenvalue weighted by Crippen LogP contribution is -2.44. The molecule has 1 unspecified atom stereocenters. The monoisotopic (exact) mass is 326 g/mol. The maximum absolute atomic E-state index is 12.6. The van der Waals surface area contributed by atoms with Crippen molar-refractivity contribution in [2.75, 3.05) is 25.1 Å². The lowest BCUT2D eigenvalue weighted by atomic mass is 9.99. The molecule has 1 saturated heterocycles. The molecule has 7 heteroatoms. The Labute approximate surface area is 130 Å². The zero-order valence-corrected chi connectivity index (χ0v) is 14.0. The number of piperidine rings is 1. The number of hydrogen-bond donors (Lipinski definition) is 0. The molecule has 1 atom stereocenters. The molecule has 1 amide bonds. The highest BCUT2D eigenvalue weighted by Gasteiger charge is 2.28. The second-order valence-corrected chi connectivity index (χ2v) is 8.29. The van der Waals surface area contributed by atoms with E-state index in [2.05, 4.69) is 0 Å². The Hall–Kier alpha value is -1.63. The molecule has 22 heavy (non-hydrogen) atoms. The third-order valence-corrected chi connectivity index (χ3v) is 5.21. The van der Waals surface area contributed by atoms with Gasteiger partial charge < -0.3 is 9.47 Å². The van der Waals surface area contributed by atoms with E-state index in [1.54, 1.807) is 31.0 Å². The highest BCUT2D eigenvalue weighted by Crippen LogP contribution is 2.19.